The molecule has 0 amide bonds. The van der Waals surface area contributed by atoms with Crippen molar-refractivity contribution in [1.29, 1.82) is 0 Å². The summed E-state index contributed by atoms with van der Waals surface area (Å²) in [5, 5.41) is 11.2. The molecule has 1 rings (SSSR count). The van der Waals surface area contributed by atoms with Crippen molar-refractivity contribution >= 4 is 22.7 Å². The summed E-state index contributed by atoms with van der Waals surface area (Å²) >= 11 is -2.18. The quantitative estimate of drug-likeness (QED) is 0.449. The number of ether oxygens (including phenoxy) is 1. The number of carboxylic acid groups (broad SMARTS) is 1. The van der Waals surface area contributed by atoms with Gasteiger partial charge in [0.25, 0.3) is 0 Å². The number of carboxylic acids is 1. The summed E-state index contributed by atoms with van der Waals surface area (Å²) in [5.74, 6) is -0.664. The maximum atomic E-state index is 10.6. The molecule has 0 radical (unpaired) electrons. The fraction of sp³-hybridized carbons (Fsp3) is 0.300. The average molecular weight is 282 g/mol. The fourth-order valence-electron chi connectivity index (χ4n) is 1.29. The van der Waals surface area contributed by atoms with Gasteiger partial charge in [0.15, 0.2) is 0 Å². The number of methoxy groups -OCH3 is 1. The zero-order valence-corrected chi connectivity index (χ0v) is 13.0. The van der Waals surface area contributed by atoms with Gasteiger partial charge < -0.3 is 21.1 Å². The van der Waals surface area contributed by atoms with Gasteiger partial charge in [-0.15, -0.1) is 0 Å². The second-order valence-electron chi connectivity index (χ2n) is 3.23. The first-order chi connectivity index (χ1) is 8.02. The predicted molar refractivity (Wildman–Crippen MR) is 62.9 cm³/mol. The first-order valence-corrected chi connectivity index (χ1v) is 5.95. The molecule has 1 unspecified atom stereocenters. The number of carbonyl (C=O) groups is 1. The Morgan fingerprint density at radius 3 is 2.78 bits per heavy atom. The van der Waals surface area contributed by atoms with Crippen molar-refractivity contribution in [2.45, 2.75) is 5.75 Å². The minimum Gasteiger partial charge on any atom is -1.00 e. The van der Waals surface area contributed by atoms with Crippen LogP contribution in [-0.2, 0) is 21.6 Å². The average Bonchev–Trinajstić information content (AvgIpc) is 2.25. The Morgan fingerprint density at radius 1 is 1.61 bits per heavy atom. The van der Waals surface area contributed by atoms with Gasteiger partial charge in [0.2, 0.25) is 0 Å². The van der Waals surface area contributed by atoms with E-state index in [2.05, 4.69) is 5.32 Å². The third-order valence-electron chi connectivity index (χ3n) is 1.98. The molecule has 0 aliphatic heterocycles. The van der Waals surface area contributed by atoms with Crippen molar-refractivity contribution in [2.75, 3.05) is 19.0 Å². The maximum Gasteiger partial charge on any atom is 1.00 e. The molecular formula is C10H13NNaO5S-. The molecule has 1 atom stereocenters. The van der Waals surface area contributed by atoms with Gasteiger partial charge in [-0.3, -0.25) is 9.00 Å². The smallest absolute Gasteiger partial charge is 1.00 e. The van der Waals surface area contributed by atoms with Crippen molar-refractivity contribution in [1.82, 2.24) is 0 Å². The van der Waals surface area contributed by atoms with Crippen LogP contribution < -0.4 is 39.6 Å². The molecule has 6 nitrogen and oxygen atoms in total. The molecule has 0 bridgehead atoms. The SMILES string of the molecule is COc1ccc(CS(=O)[O-])cc1NCC(=O)O.[H-].[Na+]. The Balaban J connectivity index is 0. The van der Waals surface area contributed by atoms with E-state index in [9.17, 15) is 13.6 Å². The van der Waals surface area contributed by atoms with Gasteiger partial charge in [0.05, 0.1) is 12.8 Å². The largest absolute Gasteiger partial charge is 1.00 e. The molecule has 0 heterocycles. The van der Waals surface area contributed by atoms with Gasteiger partial charge in [-0.05, 0) is 17.7 Å². The van der Waals surface area contributed by atoms with Crippen LogP contribution in [-0.4, -0.2) is 33.5 Å². The third kappa shape index (κ3) is 5.83. The van der Waals surface area contributed by atoms with Gasteiger partial charge in [-0.2, -0.15) is 0 Å². The van der Waals surface area contributed by atoms with Crippen molar-refractivity contribution in [2.24, 2.45) is 0 Å². The van der Waals surface area contributed by atoms with Crippen LogP contribution in [0.5, 0.6) is 5.75 Å². The minimum atomic E-state index is -2.18. The maximum absolute atomic E-state index is 10.6. The Labute approximate surface area is 131 Å². The van der Waals surface area contributed by atoms with Crippen LogP contribution in [0.3, 0.4) is 0 Å². The Kier molecular flexibility index (Phi) is 8.21. The Bertz CT molecular complexity index is 446. The van der Waals surface area contributed by atoms with Crippen molar-refractivity contribution in [3.63, 3.8) is 0 Å². The molecule has 0 saturated heterocycles. The number of anilines is 1. The summed E-state index contributed by atoms with van der Waals surface area (Å²) in [6.07, 6.45) is 0. The molecule has 0 aromatic heterocycles. The van der Waals surface area contributed by atoms with Gasteiger partial charge in [-0.1, -0.05) is 17.1 Å². The van der Waals surface area contributed by atoms with Crippen molar-refractivity contribution < 1.29 is 54.4 Å². The molecule has 18 heavy (non-hydrogen) atoms. The summed E-state index contributed by atoms with van der Waals surface area (Å²) in [6.45, 7) is -0.264. The summed E-state index contributed by atoms with van der Waals surface area (Å²) in [7, 11) is 1.45. The van der Waals surface area contributed by atoms with E-state index < -0.39 is 17.0 Å². The number of rotatable bonds is 6. The van der Waals surface area contributed by atoms with Crippen LogP contribution in [0.15, 0.2) is 18.2 Å². The molecular weight excluding hydrogens is 269 g/mol. The summed E-state index contributed by atoms with van der Waals surface area (Å²) < 4.78 is 26.1. The second kappa shape index (κ2) is 8.49. The normalized spacial score (nSPS) is 11.2. The number of nitrogens with one attached hydrogen (secondary N) is 1. The number of benzene rings is 1. The molecule has 0 saturated carbocycles. The summed E-state index contributed by atoms with van der Waals surface area (Å²) in [5.41, 5.74) is 1.02. The van der Waals surface area contributed by atoms with Crippen LogP contribution in [0, 0.1) is 0 Å². The third-order valence-corrected chi connectivity index (χ3v) is 2.55. The number of hydrogen-bond donors (Lipinski definition) is 2. The number of aliphatic carboxylic acids is 1. The van der Waals surface area contributed by atoms with E-state index in [4.69, 9.17) is 9.84 Å². The molecule has 2 N–H and O–H groups in total. The second-order valence-corrected chi connectivity index (χ2v) is 4.13. The predicted octanol–water partition coefficient (Wildman–Crippen LogP) is -2.31. The molecule has 1 aromatic carbocycles. The van der Waals surface area contributed by atoms with Crippen molar-refractivity contribution in [3.05, 3.63) is 23.8 Å². The molecule has 0 fully saturated rings. The fourth-order valence-corrected chi connectivity index (χ4v) is 1.74. The zero-order chi connectivity index (χ0) is 12.8. The van der Waals surface area contributed by atoms with E-state index in [1.165, 1.54) is 7.11 Å². The molecule has 96 valence electrons. The van der Waals surface area contributed by atoms with Gasteiger partial charge >= 0.3 is 35.5 Å². The number of hydrogen-bond acceptors (Lipinski definition) is 5. The molecule has 8 heteroatoms. The summed E-state index contributed by atoms with van der Waals surface area (Å²) in [4.78, 5) is 10.4. The Hall–Kier alpha value is -0.600. The van der Waals surface area contributed by atoms with E-state index in [1.54, 1.807) is 18.2 Å². The van der Waals surface area contributed by atoms with E-state index in [0.717, 1.165) is 0 Å². The summed E-state index contributed by atoms with van der Waals surface area (Å²) in [6, 6.07) is 4.75. The minimum absolute atomic E-state index is 0. The van der Waals surface area contributed by atoms with Crippen LogP contribution in [0.4, 0.5) is 5.69 Å². The monoisotopic (exact) mass is 282 g/mol. The Morgan fingerprint density at radius 2 is 2.28 bits per heavy atom. The first-order valence-electron chi connectivity index (χ1n) is 4.71. The zero-order valence-electron chi connectivity index (χ0n) is 11.1. The standard InChI is InChI=1S/C10H13NO5S.Na.H/c1-16-9-3-2-7(6-17(14)15)4-8(9)11-5-10(12)13;;/h2-4,11H,5-6H2,1H3,(H,12,13)(H,14,15);;/q;+1;-1/p-1. The topological polar surface area (TPSA) is 98.7 Å². The van der Waals surface area contributed by atoms with Crippen LogP contribution in [0.2, 0.25) is 0 Å². The van der Waals surface area contributed by atoms with E-state index in [0.29, 0.717) is 17.0 Å². The van der Waals surface area contributed by atoms with Gasteiger partial charge in [-0.25, -0.2) is 0 Å². The van der Waals surface area contributed by atoms with Gasteiger partial charge in [0, 0.05) is 5.75 Å². The van der Waals surface area contributed by atoms with Gasteiger partial charge in [0.1, 0.15) is 12.3 Å². The first kappa shape index (κ1) is 17.4. The molecule has 0 aliphatic rings. The molecule has 0 spiro atoms. The van der Waals surface area contributed by atoms with E-state index in [1.807, 2.05) is 0 Å². The van der Waals surface area contributed by atoms with Crippen LogP contribution in [0.1, 0.15) is 6.99 Å². The van der Waals surface area contributed by atoms with Crippen LogP contribution >= 0.6 is 0 Å². The molecule has 1 aromatic rings. The van der Waals surface area contributed by atoms with E-state index >= 15 is 0 Å². The van der Waals surface area contributed by atoms with E-state index in [-0.39, 0.29) is 43.3 Å². The molecule has 0 aliphatic carbocycles. The van der Waals surface area contributed by atoms with Crippen LogP contribution in [0.25, 0.3) is 0 Å². The van der Waals surface area contributed by atoms with Crippen molar-refractivity contribution in [3.8, 4) is 5.75 Å².